The zero-order chi connectivity index (χ0) is 16.0. The highest BCUT2D eigenvalue weighted by Crippen LogP contribution is 2.32. The summed E-state index contributed by atoms with van der Waals surface area (Å²) in [5.41, 5.74) is 6.62. The smallest absolute Gasteiger partial charge is 0.224 e. The Kier molecular flexibility index (Phi) is 7.29. The predicted molar refractivity (Wildman–Crippen MR) is 91.1 cm³/mol. The highest BCUT2D eigenvalue weighted by Gasteiger charge is 2.12. The summed E-state index contributed by atoms with van der Waals surface area (Å²) in [5.74, 6) is -0.0919. The third-order valence-electron chi connectivity index (χ3n) is 3.34. The van der Waals surface area contributed by atoms with Gasteiger partial charge in [-0.05, 0) is 45.5 Å². The van der Waals surface area contributed by atoms with Crippen LogP contribution in [0, 0.1) is 0 Å². The second-order valence-corrected chi connectivity index (χ2v) is 6.07. The molecule has 1 amide bonds. The van der Waals surface area contributed by atoms with Crippen molar-refractivity contribution in [3.8, 4) is 0 Å². The molecule has 1 aromatic rings. The molecule has 0 saturated carbocycles. The van der Waals surface area contributed by atoms with Gasteiger partial charge >= 0.3 is 0 Å². The molecule has 6 heteroatoms. The molecule has 0 unspecified atom stereocenters. The van der Waals surface area contributed by atoms with E-state index < -0.39 is 0 Å². The van der Waals surface area contributed by atoms with Crippen LogP contribution in [0.1, 0.15) is 33.6 Å². The van der Waals surface area contributed by atoms with Crippen LogP contribution in [0.4, 0.5) is 11.4 Å². The predicted octanol–water partition coefficient (Wildman–Crippen LogP) is 4.02. The molecule has 0 radical (unpaired) electrons. The van der Waals surface area contributed by atoms with E-state index in [0.29, 0.717) is 33.9 Å². The number of amides is 1. The third kappa shape index (κ3) is 5.73. The molecule has 0 aliphatic carbocycles. The van der Waals surface area contributed by atoms with Crippen LogP contribution in [0.5, 0.6) is 0 Å². The summed E-state index contributed by atoms with van der Waals surface area (Å²) in [7, 11) is 0. The minimum absolute atomic E-state index is 0.0919. The molecular weight excluding hydrogens is 309 g/mol. The maximum absolute atomic E-state index is 12.0. The van der Waals surface area contributed by atoms with Crippen molar-refractivity contribution >= 4 is 40.5 Å². The van der Waals surface area contributed by atoms with Crippen molar-refractivity contribution in [1.82, 2.24) is 4.90 Å². The fourth-order valence-electron chi connectivity index (χ4n) is 2.15. The molecule has 4 nitrogen and oxygen atoms in total. The number of hydrogen-bond acceptors (Lipinski definition) is 3. The minimum atomic E-state index is -0.0919. The molecule has 0 spiro atoms. The Morgan fingerprint density at radius 1 is 1.38 bits per heavy atom. The lowest BCUT2D eigenvalue weighted by Gasteiger charge is -2.24. The lowest BCUT2D eigenvalue weighted by molar-refractivity contribution is -0.116. The standard InChI is InChI=1S/C15H23Cl2N3O/c1-4-20(10(2)3)7-5-6-14(21)19-15-12(17)8-11(16)9-13(15)18/h8-10H,4-7,18H2,1-3H3,(H,19,21). The number of anilines is 2. The average molecular weight is 332 g/mol. The van der Waals surface area contributed by atoms with Gasteiger partial charge in [-0.2, -0.15) is 0 Å². The normalized spacial score (nSPS) is 11.2. The Morgan fingerprint density at radius 2 is 2.05 bits per heavy atom. The summed E-state index contributed by atoms with van der Waals surface area (Å²) in [6.45, 7) is 8.30. The third-order valence-corrected chi connectivity index (χ3v) is 3.85. The number of carbonyl (C=O) groups is 1. The first-order valence-electron chi connectivity index (χ1n) is 7.13. The zero-order valence-corrected chi connectivity index (χ0v) is 14.3. The van der Waals surface area contributed by atoms with Crippen molar-refractivity contribution < 1.29 is 4.79 Å². The van der Waals surface area contributed by atoms with Crippen LogP contribution in [-0.4, -0.2) is 29.9 Å². The van der Waals surface area contributed by atoms with Gasteiger partial charge in [-0.15, -0.1) is 0 Å². The number of nitrogen functional groups attached to an aromatic ring is 1. The average Bonchev–Trinajstić information content (AvgIpc) is 2.38. The monoisotopic (exact) mass is 331 g/mol. The summed E-state index contributed by atoms with van der Waals surface area (Å²) in [6, 6.07) is 3.62. The second-order valence-electron chi connectivity index (χ2n) is 5.23. The molecule has 0 aliphatic heterocycles. The lowest BCUT2D eigenvalue weighted by Crippen LogP contribution is -2.32. The fraction of sp³-hybridized carbons (Fsp3) is 0.533. The highest BCUT2D eigenvalue weighted by atomic mass is 35.5. The molecule has 0 aliphatic rings. The van der Waals surface area contributed by atoms with Crippen LogP contribution in [0.3, 0.4) is 0 Å². The van der Waals surface area contributed by atoms with Gasteiger partial charge in [-0.3, -0.25) is 4.79 Å². The number of benzene rings is 1. The van der Waals surface area contributed by atoms with Crippen molar-refractivity contribution in [2.45, 2.75) is 39.7 Å². The fourth-order valence-corrected chi connectivity index (χ4v) is 2.71. The van der Waals surface area contributed by atoms with Gasteiger partial charge in [0.25, 0.3) is 0 Å². The molecule has 1 rings (SSSR count). The quantitative estimate of drug-likeness (QED) is 0.741. The first kappa shape index (κ1) is 18.1. The lowest BCUT2D eigenvalue weighted by atomic mass is 10.2. The molecule has 3 N–H and O–H groups in total. The number of nitrogens with one attached hydrogen (secondary N) is 1. The molecule has 0 saturated heterocycles. The summed E-state index contributed by atoms with van der Waals surface area (Å²) in [6.07, 6.45) is 1.23. The van der Waals surface area contributed by atoms with Gasteiger partial charge < -0.3 is 16.0 Å². The number of halogens is 2. The van der Waals surface area contributed by atoms with Gasteiger partial charge in [0.1, 0.15) is 0 Å². The van der Waals surface area contributed by atoms with Gasteiger partial charge in [-0.25, -0.2) is 0 Å². The Hall–Kier alpha value is -0.970. The van der Waals surface area contributed by atoms with E-state index in [0.717, 1.165) is 19.5 Å². The first-order chi connectivity index (χ1) is 9.85. The first-order valence-corrected chi connectivity index (χ1v) is 7.89. The number of rotatable bonds is 7. The topological polar surface area (TPSA) is 58.4 Å². The molecule has 0 aromatic heterocycles. The zero-order valence-electron chi connectivity index (χ0n) is 12.7. The van der Waals surface area contributed by atoms with Crippen LogP contribution in [0.25, 0.3) is 0 Å². The maximum Gasteiger partial charge on any atom is 0.224 e. The number of nitrogens with two attached hydrogens (primary N) is 1. The second kappa shape index (κ2) is 8.47. The Balaban J connectivity index is 2.52. The number of nitrogens with zero attached hydrogens (tertiary/aromatic N) is 1. The van der Waals surface area contributed by atoms with Gasteiger partial charge in [-0.1, -0.05) is 30.1 Å². The van der Waals surface area contributed by atoms with Crippen LogP contribution in [0.15, 0.2) is 12.1 Å². The Bertz CT molecular complexity index is 469. The molecule has 0 heterocycles. The van der Waals surface area contributed by atoms with E-state index in [1.807, 2.05) is 0 Å². The SMILES string of the molecule is CCN(CCCC(=O)Nc1c(N)cc(Cl)cc1Cl)C(C)C. The van der Waals surface area contributed by atoms with E-state index in [4.69, 9.17) is 28.9 Å². The van der Waals surface area contributed by atoms with Gasteiger partial charge in [0, 0.05) is 17.5 Å². The maximum atomic E-state index is 12.0. The van der Waals surface area contributed by atoms with Gasteiger partial charge in [0.2, 0.25) is 5.91 Å². The molecule has 1 aromatic carbocycles. The van der Waals surface area contributed by atoms with Crippen molar-refractivity contribution in [2.75, 3.05) is 24.1 Å². The highest BCUT2D eigenvalue weighted by molar-refractivity contribution is 6.37. The van der Waals surface area contributed by atoms with Crippen molar-refractivity contribution in [1.29, 1.82) is 0 Å². The van der Waals surface area contributed by atoms with E-state index in [1.54, 1.807) is 12.1 Å². The van der Waals surface area contributed by atoms with E-state index in [2.05, 4.69) is 31.0 Å². The van der Waals surface area contributed by atoms with Crippen molar-refractivity contribution in [2.24, 2.45) is 0 Å². The van der Waals surface area contributed by atoms with E-state index >= 15 is 0 Å². The number of carbonyl (C=O) groups excluding carboxylic acids is 1. The minimum Gasteiger partial charge on any atom is -0.397 e. The molecule has 118 valence electrons. The van der Waals surface area contributed by atoms with Crippen LogP contribution < -0.4 is 11.1 Å². The van der Waals surface area contributed by atoms with Crippen molar-refractivity contribution in [3.63, 3.8) is 0 Å². The van der Waals surface area contributed by atoms with Gasteiger partial charge in [0.15, 0.2) is 0 Å². The van der Waals surface area contributed by atoms with Crippen LogP contribution in [0.2, 0.25) is 10.0 Å². The van der Waals surface area contributed by atoms with Crippen molar-refractivity contribution in [3.05, 3.63) is 22.2 Å². The van der Waals surface area contributed by atoms with Crippen LogP contribution >= 0.6 is 23.2 Å². The summed E-state index contributed by atoms with van der Waals surface area (Å²) in [5, 5.41) is 3.56. The summed E-state index contributed by atoms with van der Waals surface area (Å²) in [4.78, 5) is 14.3. The largest absolute Gasteiger partial charge is 0.397 e. The van der Waals surface area contributed by atoms with E-state index in [9.17, 15) is 4.79 Å². The molecule has 0 fully saturated rings. The van der Waals surface area contributed by atoms with Gasteiger partial charge in [0.05, 0.1) is 16.4 Å². The Labute approximate surface area is 136 Å². The molecular formula is C15H23Cl2N3O. The van der Waals surface area contributed by atoms with Crippen LogP contribution in [-0.2, 0) is 4.79 Å². The van der Waals surface area contributed by atoms with E-state index in [1.165, 1.54) is 0 Å². The summed E-state index contributed by atoms with van der Waals surface area (Å²) < 4.78 is 0. The summed E-state index contributed by atoms with van der Waals surface area (Å²) >= 11 is 11.9. The Morgan fingerprint density at radius 3 is 2.57 bits per heavy atom. The number of hydrogen-bond donors (Lipinski definition) is 2. The molecule has 21 heavy (non-hydrogen) atoms. The molecule has 0 bridgehead atoms. The van der Waals surface area contributed by atoms with E-state index in [-0.39, 0.29) is 5.91 Å². The molecule has 0 atom stereocenters.